The van der Waals surface area contributed by atoms with E-state index in [9.17, 15) is 15.0 Å². The van der Waals surface area contributed by atoms with Gasteiger partial charge < -0.3 is 26.8 Å². The molecule has 0 bridgehead atoms. The number of phenols is 2. The zero-order chi connectivity index (χ0) is 16.5. The summed E-state index contributed by atoms with van der Waals surface area (Å²) in [5, 5.41) is 27.9. The van der Waals surface area contributed by atoms with Gasteiger partial charge in [-0.25, -0.2) is 4.79 Å². The van der Waals surface area contributed by atoms with Gasteiger partial charge in [-0.15, -0.1) is 0 Å². The van der Waals surface area contributed by atoms with Crippen LogP contribution in [-0.2, 0) is 11.2 Å². The summed E-state index contributed by atoms with van der Waals surface area (Å²) >= 11 is 0. The number of aliphatic carboxylic acids is 1. The van der Waals surface area contributed by atoms with Gasteiger partial charge in [0.1, 0.15) is 17.5 Å². The Hall–Kier alpha value is -1.77. The van der Waals surface area contributed by atoms with E-state index in [1.807, 2.05) is 0 Å². The first kappa shape index (κ1) is 21.2. The van der Waals surface area contributed by atoms with Crippen molar-refractivity contribution in [1.29, 1.82) is 0 Å². The molecule has 9 heteroatoms. The van der Waals surface area contributed by atoms with E-state index in [-0.39, 0.29) is 53.4 Å². The molecule has 23 heavy (non-hydrogen) atoms. The fourth-order valence-electron chi connectivity index (χ4n) is 1.76. The number of guanidine groups is 1. The third kappa shape index (κ3) is 8.44. The minimum atomic E-state index is -1.03. The van der Waals surface area contributed by atoms with Crippen LogP contribution in [-0.4, -0.2) is 75.6 Å². The molecule has 0 saturated carbocycles. The first-order valence-electron chi connectivity index (χ1n) is 6.71. The molecule has 0 aliphatic rings. The Balaban J connectivity index is 0.00000484. The van der Waals surface area contributed by atoms with Crippen molar-refractivity contribution in [3.8, 4) is 11.5 Å². The molecule has 0 heterocycles. The summed E-state index contributed by atoms with van der Waals surface area (Å²) in [6.45, 7) is 0.348. The van der Waals surface area contributed by atoms with Crippen LogP contribution in [0.25, 0.3) is 0 Å². The third-order valence-electron chi connectivity index (χ3n) is 2.88. The van der Waals surface area contributed by atoms with E-state index < -0.39 is 12.0 Å². The molecule has 1 aromatic rings. The van der Waals surface area contributed by atoms with Gasteiger partial charge >= 0.3 is 5.97 Å². The van der Waals surface area contributed by atoms with Gasteiger partial charge in [-0.2, -0.15) is 0 Å². The largest absolute Gasteiger partial charge is 0.508 e. The SMILES string of the molecule is NC(N)=NCCC[C@H](N=CCc1ccc(O)cc1O)C(=O)O.[Na]. The van der Waals surface area contributed by atoms with Gasteiger partial charge in [0.05, 0.1) is 0 Å². The zero-order valence-electron chi connectivity index (χ0n) is 13.0. The average molecular weight is 331 g/mol. The van der Waals surface area contributed by atoms with Crippen molar-refractivity contribution in [2.75, 3.05) is 6.54 Å². The van der Waals surface area contributed by atoms with Gasteiger partial charge in [0.2, 0.25) is 0 Å². The molecule has 0 unspecified atom stereocenters. The Kier molecular flexibility index (Phi) is 10.0. The predicted molar refractivity (Wildman–Crippen MR) is 89.1 cm³/mol. The summed E-state index contributed by atoms with van der Waals surface area (Å²) in [6.07, 6.45) is 2.51. The summed E-state index contributed by atoms with van der Waals surface area (Å²) in [4.78, 5) is 18.9. The van der Waals surface area contributed by atoms with Crippen molar-refractivity contribution in [2.45, 2.75) is 25.3 Å². The van der Waals surface area contributed by atoms with E-state index in [1.165, 1.54) is 18.3 Å². The second-order valence-corrected chi connectivity index (χ2v) is 4.65. The molecular formula is C14H20N4NaO4. The molecule has 0 aliphatic heterocycles. The number of hydrogen-bond acceptors (Lipinski definition) is 5. The smallest absolute Gasteiger partial charge is 0.328 e. The quantitative estimate of drug-likeness (QED) is 0.193. The fourth-order valence-corrected chi connectivity index (χ4v) is 1.76. The van der Waals surface area contributed by atoms with Crippen LogP contribution in [0, 0.1) is 0 Å². The van der Waals surface area contributed by atoms with Gasteiger partial charge in [0, 0.05) is 54.8 Å². The topological polar surface area (TPSA) is 155 Å². The number of rotatable bonds is 8. The van der Waals surface area contributed by atoms with E-state index in [0.717, 1.165) is 0 Å². The van der Waals surface area contributed by atoms with Gasteiger partial charge in [-0.3, -0.25) is 9.98 Å². The number of hydrogen-bond donors (Lipinski definition) is 5. The molecule has 0 fully saturated rings. The summed E-state index contributed by atoms with van der Waals surface area (Å²) < 4.78 is 0. The second kappa shape index (κ2) is 10.9. The van der Waals surface area contributed by atoms with E-state index >= 15 is 0 Å². The molecule has 1 atom stereocenters. The number of nitrogens with zero attached hydrogens (tertiary/aromatic N) is 2. The molecule has 121 valence electrons. The monoisotopic (exact) mass is 331 g/mol. The van der Waals surface area contributed by atoms with Crippen LogP contribution in [0.1, 0.15) is 18.4 Å². The average Bonchev–Trinajstić information content (AvgIpc) is 2.42. The molecule has 7 N–H and O–H groups in total. The molecule has 0 spiro atoms. The van der Waals surface area contributed by atoms with Crippen LogP contribution in [0.5, 0.6) is 11.5 Å². The maximum atomic E-state index is 11.1. The molecule has 8 nitrogen and oxygen atoms in total. The number of benzene rings is 1. The van der Waals surface area contributed by atoms with Crippen molar-refractivity contribution < 1.29 is 20.1 Å². The number of carboxylic acid groups (broad SMARTS) is 1. The van der Waals surface area contributed by atoms with Gasteiger partial charge in [-0.1, -0.05) is 6.07 Å². The van der Waals surface area contributed by atoms with Gasteiger partial charge in [0.25, 0.3) is 0 Å². The predicted octanol–water partition coefficient (Wildman–Crippen LogP) is -0.163. The van der Waals surface area contributed by atoms with E-state index in [4.69, 9.17) is 16.6 Å². The van der Waals surface area contributed by atoms with Crippen LogP contribution in [0.3, 0.4) is 0 Å². The number of carbonyl (C=O) groups is 1. The maximum Gasteiger partial charge on any atom is 0.328 e. The van der Waals surface area contributed by atoms with Crippen LogP contribution in [0.2, 0.25) is 0 Å². The van der Waals surface area contributed by atoms with Crippen molar-refractivity contribution in [1.82, 2.24) is 0 Å². The maximum absolute atomic E-state index is 11.1. The standard InChI is InChI=1S/C14H20N4O4.Na/c15-14(16)18-6-1-2-11(13(21)22)17-7-5-9-3-4-10(19)8-12(9)20;/h3-4,7-8,11,19-20H,1-2,5-6H2,(H,21,22)(H4,15,16,18);/t11-;/m0./s1. The number of phenolic OH excluding ortho intramolecular Hbond substituents is 2. The molecule has 1 radical (unpaired) electrons. The van der Waals surface area contributed by atoms with Crippen LogP contribution < -0.4 is 11.5 Å². The van der Waals surface area contributed by atoms with Gasteiger partial charge in [-0.05, 0) is 24.5 Å². The molecule has 0 saturated heterocycles. The molecule has 0 amide bonds. The summed E-state index contributed by atoms with van der Waals surface area (Å²) in [5.74, 6) is -1.17. The number of aromatic hydroxyl groups is 2. The number of nitrogens with two attached hydrogens (primary N) is 2. The Bertz CT molecular complexity index is 574. The third-order valence-corrected chi connectivity index (χ3v) is 2.88. The summed E-state index contributed by atoms with van der Waals surface area (Å²) in [7, 11) is 0. The van der Waals surface area contributed by atoms with Crippen molar-refractivity contribution >= 4 is 47.7 Å². The summed E-state index contributed by atoms with van der Waals surface area (Å²) in [6, 6.07) is 3.32. The van der Waals surface area contributed by atoms with Crippen LogP contribution in [0.15, 0.2) is 28.2 Å². The first-order chi connectivity index (χ1) is 10.4. The minimum Gasteiger partial charge on any atom is -0.508 e. The Labute approximate surface area is 156 Å². The Morgan fingerprint density at radius 2 is 2.00 bits per heavy atom. The zero-order valence-corrected chi connectivity index (χ0v) is 15.0. The normalized spacial score (nSPS) is 11.7. The molecule has 0 aromatic heterocycles. The van der Waals surface area contributed by atoms with Crippen LogP contribution >= 0.6 is 0 Å². The molecule has 1 rings (SSSR count). The molecule has 1 aromatic carbocycles. The minimum absolute atomic E-state index is 0. The fraction of sp³-hybridized carbons (Fsp3) is 0.357. The Morgan fingerprint density at radius 1 is 1.30 bits per heavy atom. The second-order valence-electron chi connectivity index (χ2n) is 4.65. The first-order valence-corrected chi connectivity index (χ1v) is 6.71. The number of aliphatic imine (C=N–C) groups is 2. The van der Waals surface area contributed by atoms with E-state index in [1.54, 1.807) is 6.07 Å². The summed E-state index contributed by atoms with van der Waals surface area (Å²) in [5.41, 5.74) is 10.9. The number of carboxylic acids is 1. The molecule has 0 aliphatic carbocycles. The van der Waals surface area contributed by atoms with Crippen molar-refractivity contribution in [3.05, 3.63) is 23.8 Å². The van der Waals surface area contributed by atoms with Crippen molar-refractivity contribution in [3.63, 3.8) is 0 Å². The van der Waals surface area contributed by atoms with E-state index in [0.29, 0.717) is 24.9 Å². The van der Waals surface area contributed by atoms with Crippen molar-refractivity contribution in [2.24, 2.45) is 21.5 Å². The van der Waals surface area contributed by atoms with E-state index in [2.05, 4.69) is 9.98 Å². The van der Waals surface area contributed by atoms with Gasteiger partial charge in [0.15, 0.2) is 5.96 Å². The van der Waals surface area contributed by atoms with Crippen LogP contribution in [0.4, 0.5) is 0 Å². The molecular weight excluding hydrogens is 311 g/mol. The Morgan fingerprint density at radius 3 is 2.57 bits per heavy atom.